The molecule has 94 valence electrons. The van der Waals surface area contributed by atoms with Crippen molar-refractivity contribution < 1.29 is 4.39 Å². The highest BCUT2D eigenvalue weighted by atomic mass is 79.9. The van der Waals surface area contributed by atoms with Crippen molar-refractivity contribution in [2.24, 2.45) is 0 Å². The van der Waals surface area contributed by atoms with Gasteiger partial charge < -0.3 is 0 Å². The number of benzene rings is 2. The summed E-state index contributed by atoms with van der Waals surface area (Å²) in [5.41, 5.74) is 1.92. The van der Waals surface area contributed by atoms with Crippen LogP contribution in [0.5, 0.6) is 0 Å². The van der Waals surface area contributed by atoms with Crippen LogP contribution in [0.25, 0.3) is 0 Å². The van der Waals surface area contributed by atoms with Gasteiger partial charge in [-0.15, -0.1) is 0 Å². The van der Waals surface area contributed by atoms with Crippen LogP contribution in [0.3, 0.4) is 0 Å². The summed E-state index contributed by atoms with van der Waals surface area (Å²) in [6, 6.07) is 12.7. The molecule has 0 aliphatic carbocycles. The van der Waals surface area contributed by atoms with Gasteiger partial charge in [-0.05, 0) is 45.6 Å². The van der Waals surface area contributed by atoms with E-state index >= 15 is 0 Å². The van der Waals surface area contributed by atoms with E-state index in [1.54, 1.807) is 6.07 Å². The maximum atomic E-state index is 13.5. The van der Waals surface area contributed by atoms with Gasteiger partial charge >= 0.3 is 0 Å². The maximum absolute atomic E-state index is 13.5. The Labute approximate surface area is 127 Å². The molecule has 0 amide bonds. The van der Waals surface area contributed by atoms with E-state index in [-0.39, 0.29) is 10.6 Å². The van der Waals surface area contributed by atoms with E-state index in [1.807, 2.05) is 30.3 Å². The Bertz CT molecular complexity index is 557. The zero-order valence-electron chi connectivity index (χ0n) is 9.34. The van der Waals surface area contributed by atoms with Crippen LogP contribution in [0.1, 0.15) is 16.0 Å². The molecular weight excluding hydrogens is 382 g/mol. The topological polar surface area (TPSA) is 0 Å². The second kappa shape index (κ2) is 6.18. The molecule has 0 saturated carbocycles. The Balaban J connectivity index is 2.25. The zero-order chi connectivity index (χ0) is 13.1. The lowest BCUT2D eigenvalue weighted by Gasteiger charge is -2.13. The molecule has 2 aromatic carbocycles. The molecule has 0 aliphatic rings. The van der Waals surface area contributed by atoms with Crippen LogP contribution in [-0.2, 0) is 6.42 Å². The summed E-state index contributed by atoms with van der Waals surface area (Å²) in [5.74, 6) is -0.254. The van der Waals surface area contributed by atoms with Crippen molar-refractivity contribution >= 4 is 43.5 Å². The van der Waals surface area contributed by atoms with Gasteiger partial charge in [0.05, 0.1) is 4.47 Å². The van der Waals surface area contributed by atoms with Crippen molar-refractivity contribution in [1.82, 2.24) is 0 Å². The minimum Gasteiger partial charge on any atom is -0.206 e. The van der Waals surface area contributed by atoms with E-state index in [2.05, 4.69) is 31.9 Å². The van der Waals surface area contributed by atoms with Crippen molar-refractivity contribution in [3.63, 3.8) is 0 Å². The second-order valence-corrected chi connectivity index (χ2v) is 6.21. The Hall–Kier alpha value is -0.380. The van der Waals surface area contributed by atoms with Crippen LogP contribution < -0.4 is 0 Å². The molecule has 18 heavy (non-hydrogen) atoms. The van der Waals surface area contributed by atoms with E-state index < -0.39 is 0 Å². The van der Waals surface area contributed by atoms with E-state index in [4.69, 9.17) is 11.6 Å². The highest BCUT2D eigenvalue weighted by Gasteiger charge is 2.15. The maximum Gasteiger partial charge on any atom is 0.137 e. The first-order chi connectivity index (χ1) is 8.59. The summed E-state index contributed by atoms with van der Waals surface area (Å²) in [6.07, 6.45) is 0.710. The molecule has 0 spiro atoms. The van der Waals surface area contributed by atoms with Crippen molar-refractivity contribution in [3.05, 3.63) is 68.9 Å². The predicted octanol–water partition coefficient (Wildman–Crippen LogP) is 5.92. The average molecular weight is 392 g/mol. The van der Waals surface area contributed by atoms with Gasteiger partial charge in [-0.3, -0.25) is 0 Å². The van der Waals surface area contributed by atoms with Gasteiger partial charge in [-0.25, -0.2) is 4.39 Å². The minimum atomic E-state index is -0.254. The molecule has 2 rings (SSSR count). The zero-order valence-corrected chi connectivity index (χ0v) is 13.3. The molecule has 4 heteroatoms. The van der Waals surface area contributed by atoms with Gasteiger partial charge in [-0.1, -0.05) is 57.9 Å². The van der Waals surface area contributed by atoms with Gasteiger partial charge in [0.25, 0.3) is 0 Å². The van der Waals surface area contributed by atoms with Gasteiger partial charge in [0.15, 0.2) is 0 Å². The normalized spacial score (nSPS) is 12.4. The first kappa shape index (κ1) is 14.0. The van der Waals surface area contributed by atoms with Crippen LogP contribution in [-0.4, -0.2) is 0 Å². The molecule has 1 atom stereocenters. The molecular formula is C14H10Br2ClF. The van der Waals surface area contributed by atoms with Crippen molar-refractivity contribution in [1.29, 1.82) is 0 Å². The van der Waals surface area contributed by atoms with E-state index in [1.165, 1.54) is 6.07 Å². The lowest BCUT2D eigenvalue weighted by Crippen LogP contribution is -1.98. The third kappa shape index (κ3) is 3.14. The molecule has 0 aliphatic heterocycles. The smallest absolute Gasteiger partial charge is 0.137 e. The van der Waals surface area contributed by atoms with Gasteiger partial charge in [0.2, 0.25) is 0 Å². The fourth-order valence-corrected chi connectivity index (χ4v) is 3.52. The lowest BCUT2D eigenvalue weighted by molar-refractivity contribution is 0.617. The largest absolute Gasteiger partial charge is 0.206 e. The van der Waals surface area contributed by atoms with Crippen molar-refractivity contribution in [2.75, 3.05) is 0 Å². The average Bonchev–Trinajstić information content (AvgIpc) is 2.35. The summed E-state index contributed by atoms with van der Waals surface area (Å²) in [5, 5.41) is 0.731. The fraction of sp³-hybridized carbons (Fsp3) is 0.143. The SMILES string of the molecule is Fc1cccc(C(Br)Cc2ccccc2Cl)c1Br. The van der Waals surface area contributed by atoms with E-state index in [9.17, 15) is 4.39 Å². The third-order valence-electron chi connectivity index (χ3n) is 2.68. The highest BCUT2D eigenvalue weighted by Crippen LogP contribution is 2.35. The molecule has 0 N–H and O–H groups in total. The summed E-state index contributed by atoms with van der Waals surface area (Å²) < 4.78 is 14.0. The number of hydrogen-bond acceptors (Lipinski definition) is 0. The first-order valence-electron chi connectivity index (χ1n) is 5.41. The molecule has 0 heterocycles. The van der Waals surface area contributed by atoms with Crippen LogP contribution in [0, 0.1) is 5.82 Å². The molecule has 0 saturated heterocycles. The fourth-order valence-electron chi connectivity index (χ4n) is 1.73. The number of alkyl halides is 1. The van der Waals surface area contributed by atoms with Crippen molar-refractivity contribution in [3.8, 4) is 0 Å². The third-order valence-corrected chi connectivity index (χ3v) is 4.70. The van der Waals surface area contributed by atoms with Gasteiger partial charge in [0.1, 0.15) is 5.82 Å². The minimum absolute atomic E-state index is 0.0162. The van der Waals surface area contributed by atoms with Crippen LogP contribution in [0.15, 0.2) is 46.9 Å². The Morgan fingerprint density at radius 3 is 2.56 bits per heavy atom. The second-order valence-electron chi connectivity index (χ2n) is 3.91. The molecule has 0 nitrogen and oxygen atoms in total. The monoisotopic (exact) mass is 390 g/mol. The molecule has 0 aromatic heterocycles. The number of hydrogen-bond donors (Lipinski definition) is 0. The first-order valence-corrected chi connectivity index (χ1v) is 7.49. The summed E-state index contributed by atoms with van der Waals surface area (Å²) >= 11 is 13.0. The quantitative estimate of drug-likeness (QED) is 0.569. The number of halogens is 4. The van der Waals surface area contributed by atoms with Gasteiger partial charge in [0, 0.05) is 9.85 Å². The van der Waals surface area contributed by atoms with E-state index in [0.717, 1.165) is 16.1 Å². The predicted molar refractivity (Wildman–Crippen MR) is 80.9 cm³/mol. The van der Waals surface area contributed by atoms with E-state index in [0.29, 0.717) is 10.9 Å². The molecule has 1 unspecified atom stereocenters. The van der Waals surface area contributed by atoms with Crippen LogP contribution in [0.2, 0.25) is 5.02 Å². The molecule has 0 fully saturated rings. The molecule has 2 aromatic rings. The standard InChI is InChI=1S/C14H10Br2ClF/c15-11(8-9-4-1-2-6-12(9)17)10-5-3-7-13(18)14(10)16/h1-7,11H,8H2. The summed E-state index contributed by atoms with van der Waals surface area (Å²) in [4.78, 5) is 0.0162. The Morgan fingerprint density at radius 1 is 1.11 bits per heavy atom. The number of rotatable bonds is 3. The lowest BCUT2D eigenvalue weighted by atomic mass is 10.0. The molecule has 0 bridgehead atoms. The van der Waals surface area contributed by atoms with Crippen molar-refractivity contribution in [2.45, 2.75) is 11.2 Å². The van der Waals surface area contributed by atoms with Crippen LogP contribution in [0.4, 0.5) is 4.39 Å². The summed E-state index contributed by atoms with van der Waals surface area (Å²) in [6.45, 7) is 0. The van der Waals surface area contributed by atoms with Gasteiger partial charge in [-0.2, -0.15) is 0 Å². The van der Waals surface area contributed by atoms with Crippen LogP contribution >= 0.6 is 43.5 Å². The highest BCUT2D eigenvalue weighted by molar-refractivity contribution is 9.11. The Morgan fingerprint density at radius 2 is 1.83 bits per heavy atom. The molecule has 0 radical (unpaired) electrons. The summed E-state index contributed by atoms with van der Waals surface area (Å²) in [7, 11) is 0. The Kier molecular flexibility index (Phi) is 4.82.